The Morgan fingerprint density at radius 2 is 1.81 bits per heavy atom. The molecule has 0 spiro atoms. The van der Waals surface area contributed by atoms with Crippen LogP contribution in [0.25, 0.3) is 0 Å². The van der Waals surface area contributed by atoms with Gasteiger partial charge in [-0.05, 0) is 23.8 Å². The molecule has 2 rings (SSSR count). The second-order valence-electron chi connectivity index (χ2n) is 4.52. The molecular weight excluding hydrogens is 398 g/mol. The van der Waals surface area contributed by atoms with Crippen molar-refractivity contribution in [3.05, 3.63) is 62.5 Å². The van der Waals surface area contributed by atoms with E-state index in [0.29, 0.717) is 13.2 Å². The van der Waals surface area contributed by atoms with Crippen molar-refractivity contribution in [3.63, 3.8) is 0 Å². The summed E-state index contributed by atoms with van der Waals surface area (Å²) in [5, 5.41) is 0. The number of para-hydroxylation sites is 1. The number of ether oxygens (including phenoxy) is 2. The summed E-state index contributed by atoms with van der Waals surface area (Å²) >= 11 is 7.01. The SMILES string of the molecule is COCCOc1ccccc1C(N)c1ccc(Br)cc1Br. The number of hydrogen-bond acceptors (Lipinski definition) is 3. The third kappa shape index (κ3) is 4.30. The van der Waals surface area contributed by atoms with Crippen LogP contribution in [0.5, 0.6) is 5.75 Å². The van der Waals surface area contributed by atoms with Gasteiger partial charge in [-0.3, -0.25) is 0 Å². The number of nitrogens with two attached hydrogens (primary N) is 1. The second kappa shape index (κ2) is 7.94. The summed E-state index contributed by atoms with van der Waals surface area (Å²) in [6.45, 7) is 1.05. The van der Waals surface area contributed by atoms with Gasteiger partial charge in [-0.15, -0.1) is 0 Å². The molecule has 0 aliphatic heterocycles. The van der Waals surface area contributed by atoms with Gasteiger partial charge in [0, 0.05) is 21.6 Å². The van der Waals surface area contributed by atoms with Crippen molar-refractivity contribution >= 4 is 31.9 Å². The van der Waals surface area contributed by atoms with Gasteiger partial charge in [0.1, 0.15) is 12.4 Å². The van der Waals surface area contributed by atoms with Crippen molar-refractivity contribution in [1.29, 1.82) is 0 Å². The van der Waals surface area contributed by atoms with E-state index in [9.17, 15) is 0 Å². The van der Waals surface area contributed by atoms with E-state index in [1.165, 1.54) is 0 Å². The molecule has 0 aliphatic carbocycles. The first kappa shape index (κ1) is 16.5. The van der Waals surface area contributed by atoms with Crippen LogP contribution in [0, 0.1) is 0 Å². The zero-order valence-corrected chi connectivity index (χ0v) is 14.9. The van der Waals surface area contributed by atoms with Gasteiger partial charge < -0.3 is 15.2 Å². The van der Waals surface area contributed by atoms with Gasteiger partial charge in [0.2, 0.25) is 0 Å². The van der Waals surface area contributed by atoms with Gasteiger partial charge in [-0.2, -0.15) is 0 Å². The van der Waals surface area contributed by atoms with Gasteiger partial charge in [0.05, 0.1) is 12.6 Å². The summed E-state index contributed by atoms with van der Waals surface area (Å²) in [7, 11) is 1.65. The Kier molecular flexibility index (Phi) is 6.23. The number of methoxy groups -OCH3 is 1. The molecule has 21 heavy (non-hydrogen) atoms. The lowest BCUT2D eigenvalue weighted by atomic mass is 9.99. The van der Waals surface area contributed by atoms with Crippen LogP contribution in [0.3, 0.4) is 0 Å². The van der Waals surface area contributed by atoms with E-state index in [-0.39, 0.29) is 6.04 Å². The van der Waals surface area contributed by atoms with Crippen molar-refractivity contribution in [2.75, 3.05) is 20.3 Å². The zero-order chi connectivity index (χ0) is 15.2. The van der Waals surface area contributed by atoms with E-state index < -0.39 is 0 Å². The predicted octanol–water partition coefficient (Wildman–Crippen LogP) is 4.28. The molecule has 0 aliphatic rings. The highest BCUT2D eigenvalue weighted by molar-refractivity contribution is 9.11. The number of rotatable bonds is 6. The topological polar surface area (TPSA) is 44.5 Å². The molecule has 0 saturated heterocycles. The molecule has 1 atom stereocenters. The number of hydrogen-bond donors (Lipinski definition) is 1. The molecule has 5 heteroatoms. The van der Waals surface area contributed by atoms with Crippen LogP contribution in [-0.4, -0.2) is 20.3 Å². The molecule has 0 fully saturated rings. The monoisotopic (exact) mass is 413 g/mol. The number of halogens is 2. The molecule has 2 aromatic carbocycles. The maximum Gasteiger partial charge on any atom is 0.124 e. The fourth-order valence-corrected chi connectivity index (χ4v) is 3.32. The Hall–Kier alpha value is -0.880. The second-order valence-corrected chi connectivity index (χ2v) is 6.29. The third-order valence-electron chi connectivity index (χ3n) is 3.10. The Morgan fingerprint density at radius 3 is 2.52 bits per heavy atom. The van der Waals surface area contributed by atoms with E-state index in [2.05, 4.69) is 31.9 Å². The Bertz CT molecular complexity index is 605. The highest BCUT2D eigenvalue weighted by atomic mass is 79.9. The Morgan fingerprint density at radius 1 is 1.05 bits per heavy atom. The molecule has 2 N–H and O–H groups in total. The minimum absolute atomic E-state index is 0.258. The van der Waals surface area contributed by atoms with E-state index >= 15 is 0 Å². The summed E-state index contributed by atoms with van der Waals surface area (Å²) in [5.41, 5.74) is 8.39. The van der Waals surface area contributed by atoms with Gasteiger partial charge in [0.25, 0.3) is 0 Å². The molecule has 0 bridgehead atoms. The molecular formula is C16H17Br2NO2. The van der Waals surface area contributed by atoms with E-state index in [1.807, 2.05) is 42.5 Å². The highest BCUT2D eigenvalue weighted by Crippen LogP contribution is 2.33. The van der Waals surface area contributed by atoms with Crippen LogP contribution in [-0.2, 0) is 4.74 Å². The molecule has 1 unspecified atom stereocenters. The Balaban J connectivity index is 2.27. The fraction of sp³-hybridized carbons (Fsp3) is 0.250. The van der Waals surface area contributed by atoms with Gasteiger partial charge in [-0.25, -0.2) is 0 Å². The largest absolute Gasteiger partial charge is 0.491 e. The summed E-state index contributed by atoms with van der Waals surface area (Å²) in [6, 6.07) is 13.5. The average molecular weight is 415 g/mol. The quantitative estimate of drug-likeness (QED) is 0.717. The van der Waals surface area contributed by atoms with Crippen LogP contribution in [0.15, 0.2) is 51.4 Å². The van der Waals surface area contributed by atoms with Crippen molar-refractivity contribution in [1.82, 2.24) is 0 Å². The number of benzene rings is 2. The first-order chi connectivity index (χ1) is 10.1. The first-order valence-corrected chi connectivity index (χ1v) is 8.13. The normalized spacial score (nSPS) is 12.2. The summed E-state index contributed by atoms with van der Waals surface area (Å²) in [5.74, 6) is 0.789. The molecule has 2 aromatic rings. The lowest BCUT2D eigenvalue weighted by Crippen LogP contribution is -2.15. The first-order valence-electron chi connectivity index (χ1n) is 6.54. The van der Waals surface area contributed by atoms with Gasteiger partial charge >= 0.3 is 0 Å². The predicted molar refractivity (Wildman–Crippen MR) is 91.7 cm³/mol. The minimum atomic E-state index is -0.258. The van der Waals surface area contributed by atoms with E-state index in [0.717, 1.165) is 25.8 Å². The van der Waals surface area contributed by atoms with Crippen molar-refractivity contribution < 1.29 is 9.47 Å². The average Bonchev–Trinajstić information content (AvgIpc) is 2.47. The van der Waals surface area contributed by atoms with Crippen LogP contribution in [0.2, 0.25) is 0 Å². The maximum atomic E-state index is 6.42. The summed E-state index contributed by atoms with van der Waals surface area (Å²) in [6.07, 6.45) is 0. The van der Waals surface area contributed by atoms with Crippen molar-refractivity contribution in [2.24, 2.45) is 5.73 Å². The fourth-order valence-electron chi connectivity index (χ4n) is 2.03. The lowest BCUT2D eigenvalue weighted by Gasteiger charge is -2.18. The lowest BCUT2D eigenvalue weighted by molar-refractivity contribution is 0.145. The van der Waals surface area contributed by atoms with E-state index in [4.69, 9.17) is 15.2 Å². The molecule has 0 saturated carbocycles. The standard InChI is InChI=1S/C16H17Br2NO2/c1-20-8-9-21-15-5-3-2-4-13(15)16(19)12-7-6-11(17)10-14(12)18/h2-7,10,16H,8-9,19H2,1H3. The molecule has 0 aromatic heterocycles. The van der Waals surface area contributed by atoms with Crippen molar-refractivity contribution in [3.8, 4) is 5.75 Å². The van der Waals surface area contributed by atoms with Gasteiger partial charge in [-0.1, -0.05) is 56.1 Å². The minimum Gasteiger partial charge on any atom is -0.491 e. The molecule has 0 radical (unpaired) electrons. The summed E-state index contributed by atoms with van der Waals surface area (Å²) in [4.78, 5) is 0. The van der Waals surface area contributed by atoms with Crippen LogP contribution < -0.4 is 10.5 Å². The smallest absolute Gasteiger partial charge is 0.124 e. The molecule has 0 heterocycles. The van der Waals surface area contributed by atoms with Crippen LogP contribution in [0.1, 0.15) is 17.2 Å². The highest BCUT2D eigenvalue weighted by Gasteiger charge is 2.16. The molecule has 112 valence electrons. The summed E-state index contributed by atoms with van der Waals surface area (Å²) < 4.78 is 12.7. The third-order valence-corrected chi connectivity index (χ3v) is 4.28. The zero-order valence-electron chi connectivity index (χ0n) is 11.7. The van der Waals surface area contributed by atoms with Crippen LogP contribution in [0.4, 0.5) is 0 Å². The van der Waals surface area contributed by atoms with E-state index in [1.54, 1.807) is 7.11 Å². The molecule has 3 nitrogen and oxygen atoms in total. The maximum absolute atomic E-state index is 6.42. The van der Waals surface area contributed by atoms with Crippen molar-refractivity contribution in [2.45, 2.75) is 6.04 Å². The van der Waals surface area contributed by atoms with Gasteiger partial charge in [0.15, 0.2) is 0 Å². The van der Waals surface area contributed by atoms with Crippen LogP contribution >= 0.6 is 31.9 Å². The molecule has 0 amide bonds. The Labute approximate surface area is 141 Å².